The number of carboxylic acid groups (broad SMARTS) is 1. The van der Waals surface area contributed by atoms with E-state index in [0.29, 0.717) is 62.7 Å². The number of carbonyl (C=O) groups is 1. The van der Waals surface area contributed by atoms with Crippen molar-refractivity contribution in [3.05, 3.63) is 52.0 Å². The maximum Gasteiger partial charge on any atom is 0.304 e. The van der Waals surface area contributed by atoms with Crippen LogP contribution in [0.5, 0.6) is 5.75 Å². The van der Waals surface area contributed by atoms with Gasteiger partial charge < -0.3 is 9.84 Å². The lowest BCUT2D eigenvalue weighted by Crippen LogP contribution is -2.36. The van der Waals surface area contributed by atoms with Crippen molar-refractivity contribution in [1.29, 1.82) is 0 Å². The minimum atomic E-state index is -3.58. The number of nitrogens with one attached hydrogen (secondary N) is 1. The van der Waals surface area contributed by atoms with Crippen LogP contribution in [-0.4, -0.2) is 46.8 Å². The van der Waals surface area contributed by atoms with Crippen molar-refractivity contribution < 1.29 is 23.1 Å². The summed E-state index contributed by atoms with van der Waals surface area (Å²) in [6.45, 7) is 2.53. The van der Waals surface area contributed by atoms with E-state index in [2.05, 4.69) is 22.0 Å². The Hall–Kier alpha value is -2.69. The lowest BCUT2D eigenvalue weighted by atomic mass is 9.65. The highest BCUT2D eigenvalue weighted by molar-refractivity contribution is 7.90. The molecule has 2 aliphatic rings. The molecule has 2 fully saturated rings. The molecule has 0 aliphatic heterocycles. The van der Waals surface area contributed by atoms with Crippen LogP contribution in [0, 0.1) is 11.3 Å². The van der Waals surface area contributed by atoms with Crippen molar-refractivity contribution in [3.63, 3.8) is 0 Å². The summed E-state index contributed by atoms with van der Waals surface area (Å²) < 4.78 is 37.2. The molecule has 1 heterocycles. The Morgan fingerprint density at radius 2 is 1.72 bits per heavy atom. The highest BCUT2D eigenvalue weighted by Crippen LogP contribution is 2.46. The monoisotopic (exact) mass is 672 g/mol. The standard InChI is InChI=1S/C35H49ClN4O5S/c1-35(17-7-5-4-6-8-18-35)27-11-9-13-28(14-10-12-27)46(43,44)37-23-26-19-24(15-16-30(26)36)29(22-33(41)42)25-20-31-34(32(21-25)45-3)40(2)39-38-31/h15-16,19-21,27-29,37H,4-14,17-18,22-23H2,1-3H3,(H,41,42). The van der Waals surface area contributed by atoms with E-state index in [9.17, 15) is 18.3 Å². The number of benzene rings is 2. The van der Waals surface area contributed by atoms with Gasteiger partial charge in [-0.15, -0.1) is 5.10 Å². The second kappa shape index (κ2) is 15.0. The highest BCUT2D eigenvalue weighted by Gasteiger charge is 2.36. The van der Waals surface area contributed by atoms with E-state index in [0.717, 1.165) is 25.7 Å². The predicted molar refractivity (Wildman–Crippen MR) is 182 cm³/mol. The zero-order valence-electron chi connectivity index (χ0n) is 27.4. The summed E-state index contributed by atoms with van der Waals surface area (Å²) in [6.07, 6.45) is 14.5. The second-order valence-corrected chi connectivity index (χ2v) is 16.2. The van der Waals surface area contributed by atoms with Gasteiger partial charge in [-0.1, -0.05) is 80.8 Å². The average Bonchev–Trinajstić information content (AvgIpc) is 3.37. The zero-order chi connectivity index (χ0) is 32.9. The van der Waals surface area contributed by atoms with Crippen LogP contribution in [0.3, 0.4) is 0 Å². The molecule has 1 atom stereocenters. The van der Waals surface area contributed by atoms with Gasteiger partial charge in [0.25, 0.3) is 0 Å². The maximum atomic E-state index is 13.6. The molecule has 2 N–H and O–H groups in total. The minimum Gasteiger partial charge on any atom is -0.494 e. The first kappa shape index (κ1) is 34.6. The molecule has 2 aliphatic carbocycles. The summed E-state index contributed by atoms with van der Waals surface area (Å²) in [4.78, 5) is 12.0. The Morgan fingerprint density at radius 3 is 2.37 bits per heavy atom. The summed E-state index contributed by atoms with van der Waals surface area (Å²) >= 11 is 6.58. The molecule has 9 nitrogen and oxygen atoms in total. The number of hydrogen-bond acceptors (Lipinski definition) is 6. The minimum absolute atomic E-state index is 0.0402. The molecular formula is C35H49ClN4O5S. The first-order chi connectivity index (χ1) is 22.0. The molecule has 3 aromatic rings. The van der Waals surface area contributed by atoms with Gasteiger partial charge >= 0.3 is 5.97 Å². The van der Waals surface area contributed by atoms with Crippen molar-refractivity contribution >= 4 is 38.6 Å². The summed E-state index contributed by atoms with van der Waals surface area (Å²) in [6, 6.07) is 8.95. The Balaban J connectivity index is 1.29. The predicted octanol–water partition coefficient (Wildman–Crippen LogP) is 7.75. The molecule has 0 radical (unpaired) electrons. The van der Waals surface area contributed by atoms with E-state index in [4.69, 9.17) is 16.3 Å². The fourth-order valence-corrected chi connectivity index (χ4v) is 9.71. The fourth-order valence-electron chi connectivity index (χ4n) is 7.98. The Labute approximate surface area is 278 Å². The van der Waals surface area contributed by atoms with Gasteiger partial charge in [0.1, 0.15) is 16.8 Å². The molecular weight excluding hydrogens is 624 g/mol. The number of rotatable bonds is 10. The third-order valence-electron chi connectivity index (χ3n) is 10.7. The molecule has 2 saturated carbocycles. The third kappa shape index (κ3) is 8.05. The molecule has 0 spiro atoms. The quantitative estimate of drug-likeness (QED) is 0.226. The van der Waals surface area contributed by atoms with Crippen LogP contribution in [0.1, 0.15) is 119 Å². The number of fused-ring (bicyclic) bond motifs is 1. The molecule has 0 saturated heterocycles. The molecule has 0 bridgehead atoms. The molecule has 2 aromatic carbocycles. The number of hydrogen-bond donors (Lipinski definition) is 2. The number of carboxylic acids is 1. The van der Waals surface area contributed by atoms with Crippen LogP contribution >= 0.6 is 11.6 Å². The third-order valence-corrected chi connectivity index (χ3v) is 13.0. The van der Waals surface area contributed by atoms with E-state index >= 15 is 0 Å². The largest absolute Gasteiger partial charge is 0.494 e. The molecule has 11 heteroatoms. The van der Waals surface area contributed by atoms with Crippen molar-refractivity contribution in [2.45, 2.75) is 115 Å². The van der Waals surface area contributed by atoms with E-state index in [1.807, 2.05) is 18.2 Å². The highest BCUT2D eigenvalue weighted by atomic mass is 35.5. The maximum absolute atomic E-state index is 13.6. The average molecular weight is 673 g/mol. The van der Waals surface area contributed by atoms with Gasteiger partial charge in [-0.05, 0) is 84.7 Å². The number of ether oxygens (including phenoxy) is 1. The van der Waals surface area contributed by atoms with E-state index < -0.39 is 27.2 Å². The smallest absolute Gasteiger partial charge is 0.304 e. The van der Waals surface area contributed by atoms with Crippen LogP contribution in [-0.2, 0) is 28.4 Å². The first-order valence-electron chi connectivity index (χ1n) is 16.9. The van der Waals surface area contributed by atoms with Crippen molar-refractivity contribution in [2.75, 3.05) is 7.11 Å². The van der Waals surface area contributed by atoms with E-state index in [1.54, 1.807) is 31.0 Å². The molecule has 252 valence electrons. The van der Waals surface area contributed by atoms with E-state index in [-0.39, 0.29) is 13.0 Å². The van der Waals surface area contributed by atoms with Crippen LogP contribution in [0.2, 0.25) is 5.02 Å². The van der Waals surface area contributed by atoms with Gasteiger partial charge in [0, 0.05) is 24.5 Å². The summed E-state index contributed by atoms with van der Waals surface area (Å²) in [5, 5.41) is 18.1. The normalized spacial score (nSPS) is 21.9. The molecule has 0 amide bonds. The van der Waals surface area contributed by atoms with E-state index in [1.165, 1.54) is 44.9 Å². The molecule has 46 heavy (non-hydrogen) atoms. The number of methoxy groups -OCH3 is 1. The number of aryl methyl sites for hydroxylation is 1. The molecule has 1 unspecified atom stereocenters. The number of aromatic nitrogens is 3. The van der Waals surface area contributed by atoms with Crippen LogP contribution in [0.15, 0.2) is 30.3 Å². The Morgan fingerprint density at radius 1 is 1.04 bits per heavy atom. The van der Waals surface area contributed by atoms with Gasteiger partial charge in [-0.3, -0.25) is 4.79 Å². The lowest BCUT2D eigenvalue weighted by Gasteiger charge is -2.41. The second-order valence-electron chi connectivity index (χ2n) is 13.8. The number of nitrogens with zero attached hydrogens (tertiary/aromatic N) is 3. The number of sulfonamides is 1. The molecule has 1 aromatic heterocycles. The molecule has 5 rings (SSSR count). The zero-order valence-corrected chi connectivity index (χ0v) is 29.0. The summed E-state index contributed by atoms with van der Waals surface area (Å²) in [5.41, 5.74) is 3.72. The van der Waals surface area contributed by atoms with Crippen LogP contribution in [0.25, 0.3) is 11.0 Å². The topological polar surface area (TPSA) is 123 Å². The fraction of sp³-hybridized carbons (Fsp3) is 0.629. The Kier molecular flexibility index (Phi) is 11.3. The van der Waals surface area contributed by atoms with Gasteiger partial charge in [0.2, 0.25) is 10.0 Å². The van der Waals surface area contributed by atoms with Crippen molar-refractivity contribution in [3.8, 4) is 5.75 Å². The van der Waals surface area contributed by atoms with Crippen molar-refractivity contribution in [2.24, 2.45) is 18.4 Å². The van der Waals surface area contributed by atoms with Gasteiger partial charge in [-0.2, -0.15) is 0 Å². The van der Waals surface area contributed by atoms with Gasteiger partial charge in [-0.25, -0.2) is 17.8 Å². The lowest BCUT2D eigenvalue weighted by molar-refractivity contribution is -0.137. The van der Waals surface area contributed by atoms with Gasteiger partial charge in [0.15, 0.2) is 0 Å². The summed E-state index contributed by atoms with van der Waals surface area (Å²) in [5.74, 6) is -0.280. The summed E-state index contributed by atoms with van der Waals surface area (Å²) in [7, 11) is -0.255. The first-order valence-corrected chi connectivity index (χ1v) is 18.8. The Bertz CT molecular complexity index is 1610. The van der Waals surface area contributed by atoms with Crippen LogP contribution in [0.4, 0.5) is 0 Å². The van der Waals surface area contributed by atoms with Crippen molar-refractivity contribution in [1.82, 2.24) is 19.7 Å². The number of aliphatic carboxylic acids is 1. The number of halogens is 1. The van der Waals surface area contributed by atoms with Gasteiger partial charge in [0.05, 0.1) is 18.8 Å². The SMILES string of the molecule is COc1cc(C(CC(=O)O)c2ccc(Cl)c(CNS(=O)(=O)C3CCCC(C4(C)CCCCCCC4)CCC3)c2)cc2nnn(C)c12. The van der Waals surface area contributed by atoms with Crippen LogP contribution < -0.4 is 9.46 Å².